The lowest BCUT2D eigenvalue weighted by atomic mass is 10.1. The molecule has 32 heavy (non-hydrogen) atoms. The number of nitrogens with one attached hydrogen (secondary N) is 2. The Kier molecular flexibility index (Phi) is 9.26. The first-order valence-electron chi connectivity index (χ1n) is 11.8. The second-order valence-corrected chi connectivity index (χ2v) is 8.36. The fourth-order valence-electron chi connectivity index (χ4n) is 4.25. The average molecular weight is 437 g/mol. The van der Waals surface area contributed by atoms with Gasteiger partial charge < -0.3 is 10.6 Å². The molecule has 0 bridgehead atoms. The van der Waals surface area contributed by atoms with Crippen molar-refractivity contribution in [1.29, 1.82) is 0 Å². The summed E-state index contributed by atoms with van der Waals surface area (Å²) in [4.78, 5) is 30.1. The Hall–Kier alpha value is -2.70. The van der Waals surface area contributed by atoms with Crippen LogP contribution in [0.5, 0.6) is 0 Å². The highest BCUT2D eigenvalue weighted by Crippen LogP contribution is 2.14. The van der Waals surface area contributed by atoms with Gasteiger partial charge in [0.1, 0.15) is 0 Å². The van der Waals surface area contributed by atoms with Gasteiger partial charge in [0.15, 0.2) is 0 Å². The van der Waals surface area contributed by atoms with Gasteiger partial charge in [-0.25, -0.2) is 0 Å². The molecular weight excluding hydrogens is 400 g/mol. The van der Waals surface area contributed by atoms with Gasteiger partial charge in [0.25, 0.3) is 11.8 Å². The fraction of sp³-hybridized carbons (Fsp3) is 0.462. The van der Waals surface area contributed by atoms with Crippen LogP contribution in [-0.2, 0) is 0 Å². The maximum absolute atomic E-state index is 12.7. The van der Waals surface area contributed by atoms with E-state index in [1.165, 1.54) is 0 Å². The van der Waals surface area contributed by atoms with Crippen LogP contribution in [0.15, 0.2) is 60.7 Å². The van der Waals surface area contributed by atoms with Gasteiger partial charge in [-0.1, -0.05) is 63.1 Å². The van der Waals surface area contributed by atoms with Gasteiger partial charge in [-0.3, -0.25) is 19.4 Å². The smallest absolute Gasteiger partial charge is 0.252 e. The topological polar surface area (TPSA) is 64.7 Å². The maximum atomic E-state index is 12.7. The molecule has 2 N–H and O–H groups in total. The van der Waals surface area contributed by atoms with Crippen LogP contribution in [-0.4, -0.2) is 60.1 Å². The van der Waals surface area contributed by atoms with Gasteiger partial charge in [0, 0.05) is 37.3 Å². The number of carbonyl (C=O) groups is 2. The van der Waals surface area contributed by atoms with E-state index >= 15 is 0 Å². The quantitative estimate of drug-likeness (QED) is 0.596. The van der Waals surface area contributed by atoms with Crippen LogP contribution in [0.4, 0.5) is 0 Å². The van der Waals surface area contributed by atoms with Crippen molar-refractivity contribution in [3.63, 3.8) is 0 Å². The molecule has 1 aliphatic heterocycles. The summed E-state index contributed by atoms with van der Waals surface area (Å²) in [7, 11) is 0. The zero-order valence-corrected chi connectivity index (χ0v) is 19.3. The summed E-state index contributed by atoms with van der Waals surface area (Å²) in [6.45, 7) is 7.74. The van der Waals surface area contributed by atoms with Crippen molar-refractivity contribution in [2.75, 3.05) is 26.2 Å². The molecule has 6 nitrogen and oxygen atoms in total. The Morgan fingerprint density at radius 1 is 0.688 bits per heavy atom. The fourth-order valence-corrected chi connectivity index (χ4v) is 4.25. The van der Waals surface area contributed by atoms with Gasteiger partial charge >= 0.3 is 0 Å². The van der Waals surface area contributed by atoms with Crippen molar-refractivity contribution >= 4 is 11.8 Å². The lowest BCUT2D eigenvalue weighted by Crippen LogP contribution is -2.60. The third-order valence-corrected chi connectivity index (χ3v) is 6.02. The molecule has 3 rings (SSSR count). The number of nitrogens with zero attached hydrogens (tertiary/aromatic N) is 2. The van der Waals surface area contributed by atoms with Crippen LogP contribution in [0.3, 0.4) is 0 Å². The standard InChI is InChI=1S/C26H36N4O2/c1-3-11-23(27-25(31)21-13-7-5-8-14-21)29-17-19-30(20-18-29)24(12-4-2)28-26(32)22-15-9-6-10-16-22/h5-10,13-16,23-24H,3-4,11-12,17-20H2,1-2H3,(H,27,31)(H,28,32). The Morgan fingerprint density at radius 2 is 1.03 bits per heavy atom. The molecule has 6 heteroatoms. The SMILES string of the molecule is CCCC(NC(=O)c1ccccc1)N1CCN(C(CCC)NC(=O)c2ccccc2)CC1. The predicted molar refractivity (Wildman–Crippen MR) is 128 cm³/mol. The van der Waals surface area contributed by atoms with E-state index in [2.05, 4.69) is 34.3 Å². The molecule has 2 atom stereocenters. The normalized spacial score (nSPS) is 16.8. The number of piperazine rings is 1. The van der Waals surface area contributed by atoms with Crippen molar-refractivity contribution in [1.82, 2.24) is 20.4 Å². The van der Waals surface area contributed by atoms with E-state index in [4.69, 9.17) is 0 Å². The first kappa shape index (κ1) is 24.0. The van der Waals surface area contributed by atoms with E-state index in [0.29, 0.717) is 11.1 Å². The Balaban J connectivity index is 1.57. The number of carbonyl (C=O) groups excluding carboxylic acids is 2. The van der Waals surface area contributed by atoms with Crippen LogP contribution in [0.1, 0.15) is 60.2 Å². The van der Waals surface area contributed by atoms with E-state index in [-0.39, 0.29) is 24.1 Å². The Bertz CT molecular complexity index is 764. The summed E-state index contributed by atoms with van der Waals surface area (Å²) in [6.07, 6.45) is 3.90. The molecule has 2 aromatic carbocycles. The summed E-state index contributed by atoms with van der Waals surface area (Å²) in [5.41, 5.74) is 1.39. The third kappa shape index (κ3) is 6.65. The highest BCUT2D eigenvalue weighted by Gasteiger charge is 2.28. The number of hydrogen-bond donors (Lipinski definition) is 2. The third-order valence-electron chi connectivity index (χ3n) is 6.02. The lowest BCUT2D eigenvalue weighted by molar-refractivity contribution is 0.0379. The average Bonchev–Trinajstić information content (AvgIpc) is 2.84. The first-order valence-corrected chi connectivity index (χ1v) is 11.8. The molecule has 1 aliphatic rings. The molecule has 2 amide bonds. The minimum Gasteiger partial charge on any atom is -0.336 e. The van der Waals surface area contributed by atoms with E-state index in [0.717, 1.165) is 51.9 Å². The van der Waals surface area contributed by atoms with Crippen molar-refractivity contribution < 1.29 is 9.59 Å². The van der Waals surface area contributed by atoms with Crippen molar-refractivity contribution in [2.45, 2.75) is 51.9 Å². The Morgan fingerprint density at radius 3 is 1.34 bits per heavy atom. The van der Waals surface area contributed by atoms with Crippen LogP contribution in [0, 0.1) is 0 Å². The van der Waals surface area contributed by atoms with Crippen molar-refractivity contribution in [2.24, 2.45) is 0 Å². The van der Waals surface area contributed by atoms with Gasteiger partial charge in [-0.05, 0) is 37.1 Å². The maximum Gasteiger partial charge on any atom is 0.252 e. The largest absolute Gasteiger partial charge is 0.336 e. The number of rotatable bonds is 10. The molecule has 2 aromatic rings. The number of hydrogen-bond acceptors (Lipinski definition) is 4. The Labute approximate surface area is 192 Å². The summed E-state index contributed by atoms with van der Waals surface area (Å²) in [5, 5.41) is 6.45. The van der Waals surface area contributed by atoms with Gasteiger partial charge in [-0.15, -0.1) is 0 Å². The molecule has 1 heterocycles. The van der Waals surface area contributed by atoms with E-state index < -0.39 is 0 Å². The van der Waals surface area contributed by atoms with Crippen molar-refractivity contribution in [3.8, 4) is 0 Å². The predicted octanol–water partition coefficient (Wildman–Crippen LogP) is 3.72. The van der Waals surface area contributed by atoms with Crippen LogP contribution in [0.25, 0.3) is 0 Å². The minimum atomic E-state index is -0.0227. The van der Waals surface area contributed by atoms with Crippen LogP contribution in [0.2, 0.25) is 0 Å². The molecule has 1 fully saturated rings. The number of amides is 2. The molecule has 0 radical (unpaired) electrons. The van der Waals surface area contributed by atoms with Gasteiger partial charge in [-0.2, -0.15) is 0 Å². The molecule has 172 valence electrons. The summed E-state index contributed by atoms with van der Waals surface area (Å²) < 4.78 is 0. The molecule has 1 saturated heterocycles. The monoisotopic (exact) mass is 436 g/mol. The molecule has 0 aromatic heterocycles. The van der Waals surface area contributed by atoms with Gasteiger partial charge in [0.2, 0.25) is 0 Å². The zero-order valence-electron chi connectivity index (χ0n) is 19.3. The van der Waals surface area contributed by atoms with Gasteiger partial charge in [0.05, 0.1) is 12.3 Å². The minimum absolute atomic E-state index is 0.0227. The van der Waals surface area contributed by atoms with Crippen molar-refractivity contribution in [3.05, 3.63) is 71.8 Å². The highest BCUT2D eigenvalue weighted by molar-refractivity contribution is 5.94. The molecule has 0 saturated carbocycles. The molecule has 2 unspecified atom stereocenters. The molecule has 0 spiro atoms. The summed E-state index contributed by atoms with van der Waals surface area (Å²) in [5.74, 6) is -0.0454. The number of benzene rings is 2. The van der Waals surface area contributed by atoms with Crippen LogP contribution >= 0.6 is 0 Å². The highest BCUT2D eigenvalue weighted by atomic mass is 16.2. The molecular formula is C26H36N4O2. The molecule has 0 aliphatic carbocycles. The second kappa shape index (κ2) is 12.4. The second-order valence-electron chi connectivity index (χ2n) is 8.36. The summed E-state index contributed by atoms with van der Waals surface area (Å²) >= 11 is 0. The summed E-state index contributed by atoms with van der Waals surface area (Å²) in [6, 6.07) is 18.8. The van der Waals surface area contributed by atoms with E-state index in [9.17, 15) is 9.59 Å². The zero-order chi connectivity index (χ0) is 22.8. The van der Waals surface area contributed by atoms with Crippen LogP contribution < -0.4 is 10.6 Å². The van der Waals surface area contributed by atoms with E-state index in [1.807, 2.05) is 60.7 Å². The lowest BCUT2D eigenvalue weighted by Gasteiger charge is -2.42. The first-order chi connectivity index (χ1) is 15.6. The van der Waals surface area contributed by atoms with E-state index in [1.54, 1.807) is 0 Å².